The number of hydrogen-bond acceptors (Lipinski definition) is 3. The van der Waals surface area contributed by atoms with Crippen LogP contribution in [0.1, 0.15) is 6.42 Å². The fourth-order valence-corrected chi connectivity index (χ4v) is 1.92. The van der Waals surface area contributed by atoms with Gasteiger partial charge in [-0.1, -0.05) is 6.07 Å². The SMILES string of the molecule is Cl.O=C(Nc1cccc(OC(F)(F)F)c1F)[C@@H]1C[C@@H](F)CN1. The Hall–Kier alpha value is -1.61. The van der Waals surface area contributed by atoms with Gasteiger partial charge in [0.05, 0.1) is 11.7 Å². The van der Waals surface area contributed by atoms with E-state index in [-0.39, 0.29) is 25.4 Å². The van der Waals surface area contributed by atoms with Crippen molar-refractivity contribution in [3.05, 3.63) is 24.0 Å². The summed E-state index contributed by atoms with van der Waals surface area (Å²) in [6, 6.07) is 2.11. The van der Waals surface area contributed by atoms with Crippen LogP contribution in [0.4, 0.5) is 27.6 Å². The molecule has 1 fully saturated rings. The minimum Gasteiger partial charge on any atom is -0.403 e. The molecule has 22 heavy (non-hydrogen) atoms. The summed E-state index contributed by atoms with van der Waals surface area (Å²) in [5.41, 5.74) is -0.467. The van der Waals surface area contributed by atoms with E-state index >= 15 is 0 Å². The molecule has 2 rings (SSSR count). The van der Waals surface area contributed by atoms with Crippen LogP contribution in [0, 0.1) is 5.82 Å². The summed E-state index contributed by atoms with van der Waals surface area (Å²) in [7, 11) is 0. The summed E-state index contributed by atoms with van der Waals surface area (Å²) in [5, 5.41) is 4.69. The standard InChI is InChI=1S/C12H11F5N2O2.ClH/c13-6-4-8(18-5-6)11(20)19-7-2-1-3-9(10(7)14)21-12(15,16)17;/h1-3,6,8,18H,4-5H2,(H,19,20);1H/t6-,8+;/m1./s1. The number of amides is 1. The summed E-state index contributed by atoms with van der Waals surface area (Å²) in [4.78, 5) is 11.7. The Morgan fingerprint density at radius 2 is 2.05 bits per heavy atom. The molecule has 2 N–H and O–H groups in total. The Labute approximate surface area is 128 Å². The number of hydrogen-bond donors (Lipinski definition) is 2. The summed E-state index contributed by atoms with van der Waals surface area (Å²) < 4.78 is 66.5. The average Bonchev–Trinajstić information content (AvgIpc) is 2.79. The van der Waals surface area contributed by atoms with E-state index in [9.17, 15) is 26.7 Å². The van der Waals surface area contributed by atoms with E-state index in [0.717, 1.165) is 18.2 Å². The van der Waals surface area contributed by atoms with E-state index < -0.39 is 41.7 Å². The number of nitrogens with one attached hydrogen (secondary N) is 2. The number of carbonyl (C=O) groups is 1. The third kappa shape index (κ3) is 4.70. The van der Waals surface area contributed by atoms with Crippen LogP contribution < -0.4 is 15.4 Å². The van der Waals surface area contributed by atoms with Gasteiger partial charge in [0, 0.05) is 13.0 Å². The monoisotopic (exact) mass is 346 g/mol. The number of anilines is 1. The lowest BCUT2D eigenvalue weighted by atomic mass is 10.2. The zero-order valence-corrected chi connectivity index (χ0v) is 11.7. The largest absolute Gasteiger partial charge is 0.573 e. The van der Waals surface area contributed by atoms with Crippen LogP contribution in [0.2, 0.25) is 0 Å². The molecular formula is C12H12ClF5N2O2. The molecule has 0 saturated carbocycles. The number of benzene rings is 1. The number of carbonyl (C=O) groups excluding carboxylic acids is 1. The van der Waals surface area contributed by atoms with Gasteiger partial charge in [0.1, 0.15) is 6.17 Å². The predicted octanol–water partition coefficient (Wildman–Crippen LogP) is 2.78. The first-order valence-electron chi connectivity index (χ1n) is 5.99. The Kier molecular flexibility index (Phi) is 5.95. The summed E-state index contributed by atoms with van der Waals surface area (Å²) >= 11 is 0. The quantitative estimate of drug-likeness (QED) is 0.828. The molecule has 1 saturated heterocycles. The van der Waals surface area contributed by atoms with Gasteiger partial charge in [-0.2, -0.15) is 0 Å². The van der Waals surface area contributed by atoms with Crippen molar-refractivity contribution in [3.63, 3.8) is 0 Å². The highest BCUT2D eigenvalue weighted by atomic mass is 35.5. The van der Waals surface area contributed by atoms with E-state index in [2.05, 4.69) is 15.4 Å². The summed E-state index contributed by atoms with van der Waals surface area (Å²) in [6.45, 7) is -0.00219. The number of halogens is 6. The molecule has 0 aliphatic carbocycles. The fraction of sp³-hybridized carbons (Fsp3) is 0.417. The van der Waals surface area contributed by atoms with Gasteiger partial charge in [-0.05, 0) is 12.1 Å². The third-order valence-electron chi connectivity index (χ3n) is 2.84. The molecule has 0 aromatic heterocycles. The maximum atomic E-state index is 13.8. The first-order chi connectivity index (χ1) is 9.76. The van der Waals surface area contributed by atoms with Crippen LogP contribution >= 0.6 is 12.4 Å². The van der Waals surface area contributed by atoms with Crippen LogP contribution in [0.5, 0.6) is 5.75 Å². The van der Waals surface area contributed by atoms with Gasteiger partial charge in [-0.15, -0.1) is 25.6 Å². The fourth-order valence-electron chi connectivity index (χ4n) is 1.92. The molecule has 2 atom stereocenters. The van der Waals surface area contributed by atoms with Crippen molar-refractivity contribution in [2.45, 2.75) is 25.0 Å². The van der Waals surface area contributed by atoms with Gasteiger partial charge < -0.3 is 15.4 Å². The highest BCUT2D eigenvalue weighted by molar-refractivity contribution is 5.95. The average molecular weight is 347 g/mol. The second-order valence-corrected chi connectivity index (χ2v) is 4.45. The van der Waals surface area contributed by atoms with Crippen LogP contribution in [0.15, 0.2) is 18.2 Å². The van der Waals surface area contributed by atoms with Gasteiger partial charge in [0.25, 0.3) is 0 Å². The molecule has 0 unspecified atom stereocenters. The number of ether oxygens (including phenoxy) is 1. The Balaban J connectivity index is 0.00000242. The lowest BCUT2D eigenvalue weighted by Gasteiger charge is -2.14. The van der Waals surface area contributed by atoms with Gasteiger partial charge in [0.15, 0.2) is 11.6 Å². The molecule has 1 aliphatic rings. The van der Waals surface area contributed by atoms with E-state index in [0.29, 0.717) is 0 Å². The van der Waals surface area contributed by atoms with Crippen molar-refractivity contribution in [2.75, 3.05) is 11.9 Å². The maximum Gasteiger partial charge on any atom is 0.573 e. The molecule has 1 heterocycles. The minimum absolute atomic E-state index is 0. The molecular weight excluding hydrogens is 335 g/mol. The predicted molar refractivity (Wildman–Crippen MR) is 70.3 cm³/mol. The van der Waals surface area contributed by atoms with E-state index in [1.165, 1.54) is 0 Å². The lowest BCUT2D eigenvalue weighted by Crippen LogP contribution is -2.35. The summed E-state index contributed by atoms with van der Waals surface area (Å²) in [5.74, 6) is -3.13. The van der Waals surface area contributed by atoms with Crippen molar-refractivity contribution in [1.82, 2.24) is 5.32 Å². The highest BCUT2D eigenvalue weighted by Crippen LogP contribution is 2.29. The minimum atomic E-state index is -5.04. The van der Waals surface area contributed by atoms with Gasteiger partial charge in [-0.25, -0.2) is 8.78 Å². The third-order valence-corrected chi connectivity index (χ3v) is 2.84. The number of rotatable bonds is 3. The van der Waals surface area contributed by atoms with Gasteiger partial charge >= 0.3 is 6.36 Å². The van der Waals surface area contributed by atoms with E-state index in [1.54, 1.807) is 0 Å². The zero-order chi connectivity index (χ0) is 15.6. The maximum absolute atomic E-state index is 13.8. The molecule has 0 bridgehead atoms. The van der Waals surface area contributed by atoms with Crippen molar-refractivity contribution < 1.29 is 31.5 Å². The highest BCUT2D eigenvalue weighted by Gasteiger charge is 2.33. The lowest BCUT2D eigenvalue weighted by molar-refractivity contribution is -0.275. The van der Waals surface area contributed by atoms with Gasteiger partial charge in [0.2, 0.25) is 5.91 Å². The molecule has 4 nitrogen and oxygen atoms in total. The Morgan fingerprint density at radius 1 is 1.36 bits per heavy atom. The van der Waals surface area contributed by atoms with Gasteiger partial charge in [-0.3, -0.25) is 4.79 Å². The molecule has 1 amide bonds. The molecule has 1 aromatic carbocycles. The normalized spacial score (nSPS) is 21.1. The number of alkyl halides is 4. The smallest absolute Gasteiger partial charge is 0.403 e. The molecule has 10 heteroatoms. The topological polar surface area (TPSA) is 50.4 Å². The Bertz CT molecular complexity index is 541. The van der Waals surface area contributed by atoms with Crippen LogP contribution in [-0.4, -0.2) is 31.0 Å². The van der Waals surface area contributed by atoms with E-state index in [4.69, 9.17) is 0 Å². The van der Waals surface area contributed by atoms with Crippen molar-refractivity contribution in [3.8, 4) is 5.75 Å². The second kappa shape index (κ2) is 7.10. The molecule has 1 aromatic rings. The van der Waals surface area contributed by atoms with Crippen LogP contribution in [0.25, 0.3) is 0 Å². The second-order valence-electron chi connectivity index (χ2n) is 4.45. The van der Waals surface area contributed by atoms with Crippen molar-refractivity contribution >= 4 is 24.0 Å². The first-order valence-corrected chi connectivity index (χ1v) is 5.99. The molecule has 0 spiro atoms. The van der Waals surface area contributed by atoms with Crippen molar-refractivity contribution in [1.29, 1.82) is 0 Å². The Morgan fingerprint density at radius 3 is 2.59 bits per heavy atom. The molecule has 1 aliphatic heterocycles. The molecule has 0 radical (unpaired) electrons. The van der Waals surface area contributed by atoms with Crippen LogP contribution in [-0.2, 0) is 4.79 Å². The van der Waals surface area contributed by atoms with Crippen LogP contribution in [0.3, 0.4) is 0 Å². The first kappa shape index (κ1) is 18.4. The summed E-state index contributed by atoms with van der Waals surface area (Å²) in [6.07, 6.45) is -6.31. The molecule has 124 valence electrons. The zero-order valence-electron chi connectivity index (χ0n) is 10.9. The van der Waals surface area contributed by atoms with Crippen molar-refractivity contribution in [2.24, 2.45) is 0 Å². The van der Waals surface area contributed by atoms with E-state index in [1.807, 2.05) is 0 Å².